The van der Waals surface area contributed by atoms with Crippen molar-refractivity contribution < 1.29 is 4.74 Å². The highest BCUT2D eigenvalue weighted by Gasteiger charge is 2.38. The third-order valence-corrected chi connectivity index (χ3v) is 5.99. The van der Waals surface area contributed by atoms with Gasteiger partial charge in [-0.3, -0.25) is 0 Å². The lowest BCUT2D eigenvalue weighted by molar-refractivity contribution is 0.417. The summed E-state index contributed by atoms with van der Waals surface area (Å²) in [5, 5.41) is 7.21. The van der Waals surface area contributed by atoms with E-state index in [0.29, 0.717) is 5.92 Å². The van der Waals surface area contributed by atoms with Gasteiger partial charge in [-0.2, -0.15) is 0 Å². The van der Waals surface area contributed by atoms with E-state index in [1.165, 1.54) is 48.4 Å². The van der Waals surface area contributed by atoms with Crippen molar-refractivity contribution in [2.45, 2.75) is 18.8 Å². The molecule has 3 heterocycles. The van der Waals surface area contributed by atoms with Crippen molar-refractivity contribution in [1.82, 2.24) is 5.32 Å². The van der Waals surface area contributed by atoms with Crippen LogP contribution in [0.1, 0.15) is 23.5 Å². The standard InChI is InChI=1S/C21H25N3O/c1-25-20-7-3-2-6-19(20)23-16-9-14-5-4-8-24-13-15-11-22-12-18(15)17(10-16)21(14)24/h2-3,6-7,9-10,15,18,22-23H,4-5,8,11-13H2,1H3. The van der Waals surface area contributed by atoms with E-state index in [-0.39, 0.29) is 0 Å². The molecule has 4 nitrogen and oxygen atoms in total. The molecule has 2 atom stereocenters. The van der Waals surface area contributed by atoms with Crippen molar-refractivity contribution in [2.24, 2.45) is 5.92 Å². The van der Waals surface area contributed by atoms with E-state index >= 15 is 0 Å². The van der Waals surface area contributed by atoms with Crippen molar-refractivity contribution in [2.75, 3.05) is 43.5 Å². The Morgan fingerprint density at radius 3 is 3.04 bits per heavy atom. The molecule has 0 bridgehead atoms. The van der Waals surface area contributed by atoms with Gasteiger partial charge >= 0.3 is 0 Å². The second kappa shape index (κ2) is 5.95. The highest BCUT2D eigenvalue weighted by Crippen LogP contribution is 2.46. The summed E-state index contributed by atoms with van der Waals surface area (Å²) in [6.07, 6.45) is 2.44. The van der Waals surface area contributed by atoms with Crippen molar-refractivity contribution in [1.29, 1.82) is 0 Å². The number of nitrogens with one attached hydrogen (secondary N) is 2. The predicted molar refractivity (Wildman–Crippen MR) is 102 cm³/mol. The maximum atomic E-state index is 5.50. The van der Waals surface area contributed by atoms with E-state index in [2.05, 4.69) is 33.7 Å². The number of methoxy groups -OCH3 is 1. The summed E-state index contributed by atoms with van der Waals surface area (Å²) in [6, 6.07) is 12.9. The number of rotatable bonds is 3. The van der Waals surface area contributed by atoms with E-state index < -0.39 is 0 Å². The Labute approximate surface area is 149 Å². The second-order valence-corrected chi connectivity index (χ2v) is 7.47. The summed E-state index contributed by atoms with van der Waals surface area (Å²) in [5.41, 5.74) is 6.79. The zero-order valence-electron chi connectivity index (χ0n) is 14.7. The largest absolute Gasteiger partial charge is 0.495 e. The Balaban J connectivity index is 1.57. The minimum absolute atomic E-state index is 0.655. The molecule has 4 heteroatoms. The van der Waals surface area contributed by atoms with Crippen LogP contribution in [0.5, 0.6) is 5.75 Å². The molecule has 3 aliphatic rings. The number of hydrogen-bond donors (Lipinski definition) is 2. The van der Waals surface area contributed by atoms with Crippen molar-refractivity contribution in [3.63, 3.8) is 0 Å². The van der Waals surface area contributed by atoms with Crippen LogP contribution in [-0.2, 0) is 6.42 Å². The maximum Gasteiger partial charge on any atom is 0.142 e. The van der Waals surface area contributed by atoms with Crippen LogP contribution in [0.4, 0.5) is 17.1 Å². The summed E-state index contributed by atoms with van der Waals surface area (Å²) < 4.78 is 5.50. The van der Waals surface area contributed by atoms with Gasteiger partial charge in [0.15, 0.2) is 0 Å². The van der Waals surface area contributed by atoms with Gasteiger partial charge in [-0.05, 0) is 54.2 Å². The molecule has 2 N–H and O–H groups in total. The van der Waals surface area contributed by atoms with E-state index in [9.17, 15) is 0 Å². The summed E-state index contributed by atoms with van der Waals surface area (Å²) in [4.78, 5) is 2.63. The number of benzene rings is 2. The molecule has 0 amide bonds. The number of hydrogen-bond acceptors (Lipinski definition) is 4. The summed E-state index contributed by atoms with van der Waals surface area (Å²) in [5.74, 6) is 2.29. The predicted octanol–water partition coefficient (Wildman–Crippen LogP) is 3.51. The van der Waals surface area contributed by atoms with Crippen LogP contribution in [0.3, 0.4) is 0 Å². The first-order chi connectivity index (χ1) is 12.3. The van der Waals surface area contributed by atoms with Gasteiger partial charge in [0.1, 0.15) is 5.75 Å². The van der Waals surface area contributed by atoms with Crippen LogP contribution in [-0.4, -0.2) is 33.3 Å². The third-order valence-electron chi connectivity index (χ3n) is 5.99. The van der Waals surface area contributed by atoms with Crippen molar-refractivity contribution in [3.8, 4) is 5.75 Å². The zero-order valence-corrected chi connectivity index (χ0v) is 14.7. The van der Waals surface area contributed by atoms with Crippen LogP contribution in [0.2, 0.25) is 0 Å². The fourth-order valence-corrected chi connectivity index (χ4v) is 4.88. The van der Waals surface area contributed by atoms with E-state index in [1.54, 1.807) is 7.11 Å². The topological polar surface area (TPSA) is 36.5 Å². The van der Waals surface area contributed by atoms with E-state index in [1.807, 2.05) is 18.2 Å². The Bertz CT molecular complexity index is 804. The minimum atomic E-state index is 0.655. The maximum absolute atomic E-state index is 5.50. The average Bonchev–Trinajstić information content (AvgIpc) is 3.11. The summed E-state index contributed by atoms with van der Waals surface area (Å²) in [7, 11) is 1.73. The number of fused-ring (bicyclic) bond motifs is 2. The Morgan fingerprint density at radius 2 is 2.12 bits per heavy atom. The SMILES string of the molecule is COc1ccccc1Nc1cc2c3c(c1)C1CNCC1CN3CCC2. The van der Waals surface area contributed by atoms with E-state index in [4.69, 9.17) is 4.74 Å². The molecule has 0 aromatic heterocycles. The van der Waals surface area contributed by atoms with Gasteiger partial charge in [0.2, 0.25) is 0 Å². The molecule has 0 aliphatic carbocycles. The Hall–Kier alpha value is -2.20. The van der Waals surface area contributed by atoms with Crippen molar-refractivity contribution >= 4 is 17.1 Å². The molecule has 5 rings (SSSR count). The molecule has 25 heavy (non-hydrogen) atoms. The molecule has 2 aromatic carbocycles. The molecule has 1 saturated heterocycles. The number of nitrogens with zero attached hydrogens (tertiary/aromatic N) is 1. The Kier molecular flexibility index (Phi) is 3.59. The Morgan fingerprint density at radius 1 is 1.20 bits per heavy atom. The first kappa shape index (κ1) is 15.1. The fraction of sp³-hybridized carbons (Fsp3) is 0.429. The van der Waals surface area contributed by atoms with E-state index in [0.717, 1.165) is 30.4 Å². The fourth-order valence-electron chi connectivity index (χ4n) is 4.88. The molecule has 2 aromatic rings. The van der Waals surface area contributed by atoms with Gasteiger partial charge in [-0.1, -0.05) is 12.1 Å². The molecule has 3 aliphatic heterocycles. The summed E-state index contributed by atoms with van der Waals surface area (Å²) >= 11 is 0. The molecular formula is C21H25N3O. The lowest BCUT2D eigenvalue weighted by Crippen LogP contribution is -2.41. The van der Waals surface area contributed by atoms with Crippen molar-refractivity contribution in [3.05, 3.63) is 47.5 Å². The molecular weight excluding hydrogens is 310 g/mol. The van der Waals surface area contributed by atoms with Gasteiger partial charge in [-0.25, -0.2) is 0 Å². The van der Waals surface area contributed by atoms with Gasteiger partial charge in [-0.15, -0.1) is 0 Å². The number of aryl methyl sites for hydroxylation is 1. The molecule has 130 valence electrons. The van der Waals surface area contributed by atoms with Crippen LogP contribution in [0.25, 0.3) is 0 Å². The molecule has 0 radical (unpaired) electrons. The zero-order chi connectivity index (χ0) is 16.8. The van der Waals surface area contributed by atoms with Gasteiger partial charge in [0.05, 0.1) is 12.8 Å². The smallest absolute Gasteiger partial charge is 0.142 e. The second-order valence-electron chi connectivity index (χ2n) is 7.47. The highest BCUT2D eigenvalue weighted by atomic mass is 16.5. The molecule has 0 spiro atoms. The monoisotopic (exact) mass is 335 g/mol. The van der Waals surface area contributed by atoms with Crippen LogP contribution < -0.4 is 20.3 Å². The quantitative estimate of drug-likeness (QED) is 0.900. The highest BCUT2D eigenvalue weighted by molar-refractivity contribution is 5.74. The minimum Gasteiger partial charge on any atom is -0.495 e. The van der Waals surface area contributed by atoms with Gasteiger partial charge in [0.25, 0.3) is 0 Å². The number of para-hydroxylation sites is 2. The normalized spacial score (nSPS) is 23.8. The van der Waals surface area contributed by atoms with Crippen LogP contribution in [0, 0.1) is 5.92 Å². The lowest BCUT2D eigenvalue weighted by atomic mass is 9.80. The summed E-state index contributed by atoms with van der Waals surface area (Å²) in [6.45, 7) is 4.70. The lowest BCUT2D eigenvalue weighted by Gasteiger charge is -2.42. The number of anilines is 3. The average molecular weight is 335 g/mol. The molecule has 0 saturated carbocycles. The third kappa shape index (κ3) is 2.47. The first-order valence-corrected chi connectivity index (χ1v) is 9.36. The van der Waals surface area contributed by atoms with Gasteiger partial charge in [0, 0.05) is 43.5 Å². The first-order valence-electron chi connectivity index (χ1n) is 9.36. The van der Waals surface area contributed by atoms with Gasteiger partial charge < -0.3 is 20.3 Å². The van der Waals surface area contributed by atoms with Crippen LogP contribution >= 0.6 is 0 Å². The number of ether oxygens (including phenoxy) is 1. The van der Waals surface area contributed by atoms with Crippen LogP contribution in [0.15, 0.2) is 36.4 Å². The molecule has 2 unspecified atom stereocenters. The molecule has 1 fully saturated rings.